The van der Waals surface area contributed by atoms with Gasteiger partial charge in [-0.2, -0.15) is 0 Å². The van der Waals surface area contributed by atoms with Crippen LogP contribution in [0, 0.1) is 5.92 Å². The Bertz CT molecular complexity index is 282. The highest BCUT2D eigenvalue weighted by molar-refractivity contribution is 5.79. The van der Waals surface area contributed by atoms with E-state index in [1.165, 1.54) is 0 Å². The Labute approximate surface area is 115 Å². The molecule has 0 aromatic carbocycles. The predicted molar refractivity (Wildman–Crippen MR) is 74.7 cm³/mol. The summed E-state index contributed by atoms with van der Waals surface area (Å²) in [6.45, 7) is 2.43. The van der Waals surface area contributed by atoms with E-state index in [1.54, 1.807) is 14.0 Å². The second-order valence-corrected chi connectivity index (χ2v) is 5.87. The van der Waals surface area contributed by atoms with E-state index in [4.69, 9.17) is 10.5 Å². The molecule has 0 spiro atoms. The van der Waals surface area contributed by atoms with E-state index in [1.807, 2.05) is 0 Å². The Morgan fingerprint density at radius 2 is 2.11 bits per heavy atom. The molecule has 112 valence electrons. The molecular formula is C14H28N2O3. The first-order valence-corrected chi connectivity index (χ1v) is 7.21. The molecule has 1 rings (SSSR count). The molecular weight excluding hydrogens is 244 g/mol. The van der Waals surface area contributed by atoms with Gasteiger partial charge in [0.1, 0.15) is 0 Å². The van der Waals surface area contributed by atoms with Gasteiger partial charge in [0.15, 0.2) is 0 Å². The number of rotatable bonds is 6. The smallest absolute Gasteiger partial charge is 0.224 e. The molecule has 0 saturated heterocycles. The lowest BCUT2D eigenvalue weighted by Crippen LogP contribution is -2.47. The number of hydrogen-bond acceptors (Lipinski definition) is 4. The highest BCUT2D eigenvalue weighted by Gasteiger charge is 2.28. The van der Waals surface area contributed by atoms with Crippen molar-refractivity contribution in [3.63, 3.8) is 0 Å². The van der Waals surface area contributed by atoms with E-state index in [0.717, 1.165) is 32.1 Å². The lowest BCUT2D eigenvalue weighted by molar-refractivity contribution is -0.127. The van der Waals surface area contributed by atoms with Gasteiger partial charge in [-0.3, -0.25) is 4.79 Å². The molecule has 0 heterocycles. The number of carbonyl (C=O) groups excluding carboxylic acids is 1. The summed E-state index contributed by atoms with van der Waals surface area (Å²) in [5.74, 6) is -0.132. The topological polar surface area (TPSA) is 84.6 Å². The third-order valence-electron chi connectivity index (χ3n) is 3.89. The minimum atomic E-state index is -0.930. The van der Waals surface area contributed by atoms with Crippen LogP contribution in [0.15, 0.2) is 0 Å². The van der Waals surface area contributed by atoms with E-state index in [-0.39, 0.29) is 24.4 Å². The van der Waals surface area contributed by atoms with Crippen LogP contribution in [-0.4, -0.2) is 42.9 Å². The number of hydrogen-bond donors (Lipinski definition) is 3. The summed E-state index contributed by atoms with van der Waals surface area (Å²) in [7, 11) is 1.60. The summed E-state index contributed by atoms with van der Waals surface area (Å²) in [6.07, 6.45) is 5.59. The van der Waals surface area contributed by atoms with Gasteiger partial charge in [0, 0.05) is 32.7 Å². The molecule has 1 amide bonds. The van der Waals surface area contributed by atoms with Crippen LogP contribution in [0.1, 0.15) is 45.4 Å². The van der Waals surface area contributed by atoms with Crippen LogP contribution < -0.4 is 11.1 Å². The number of ether oxygens (including phenoxy) is 1. The van der Waals surface area contributed by atoms with E-state index in [9.17, 15) is 9.90 Å². The van der Waals surface area contributed by atoms with Crippen molar-refractivity contribution in [2.75, 3.05) is 20.3 Å². The van der Waals surface area contributed by atoms with E-state index in [2.05, 4.69) is 5.32 Å². The Morgan fingerprint density at radius 3 is 2.79 bits per heavy atom. The quantitative estimate of drug-likeness (QED) is 0.624. The molecule has 1 fully saturated rings. The SMILES string of the molecule is COCCC(C)(O)CNC(=O)C1CCCCCC1N. The first-order chi connectivity index (χ1) is 8.96. The zero-order valence-corrected chi connectivity index (χ0v) is 12.2. The minimum Gasteiger partial charge on any atom is -0.388 e. The summed E-state index contributed by atoms with van der Waals surface area (Å²) in [6, 6.07) is -0.0496. The van der Waals surface area contributed by atoms with Crippen LogP contribution in [0.5, 0.6) is 0 Å². The van der Waals surface area contributed by atoms with Crippen molar-refractivity contribution in [3.8, 4) is 0 Å². The van der Waals surface area contributed by atoms with Crippen LogP contribution in [-0.2, 0) is 9.53 Å². The molecule has 19 heavy (non-hydrogen) atoms. The fourth-order valence-corrected chi connectivity index (χ4v) is 2.48. The van der Waals surface area contributed by atoms with Crippen LogP contribution >= 0.6 is 0 Å². The predicted octanol–water partition coefficient (Wildman–Crippen LogP) is 0.798. The van der Waals surface area contributed by atoms with Crippen molar-refractivity contribution in [1.82, 2.24) is 5.32 Å². The highest BCUT2D eigenvalue weighted by Crippen LogP contribution is 2.22. The zero-order valence-electron chi connectivity index (χ0n) is 12.2. The summed E-state index contributed by atoms with van der Waals surface area (Å²) in [5, 5.41) is 12.9. The lowest BCUT2D eigenvalue weighted by Gasteiger charge is -2.26. The highest BCUT2D eigenvalue weighted by atomic mass is 16.5. The van der Waals surface area contributed by atoms with Crippen LogP contribution in [0.4, 0.5) is 0 Å². The molecule has 5 nitrogen and oxygen atoms in total. The Balaban J connectivity index is 2.40. The van der Waals surface area contributed by atoms with Gasteiger partial charge in [-0.25, -0.2) is 0 Å². The van der Waals surface area contributed by atoms with Gasteiger partial charge >= 0.3 is 0 Å². The molecule has 4 N–H and O–H groups in total. The Kier molecular flexibility index (Phi) is 6.75. The average molecular weight is 272 g/mol. The van der Waals surface area contributed by atoms with Crippen molar-refractivity contribution < 1.29 is 14.6 Å². The number of nitrogens with two attached hydrogens (primary N) is 1. The number of methoxy groups -OCH3 is 1. The van der Waals surface area contributed by atoms with E-state index in [0.29, 0.717) is 13.0 Å². The molecule has 3 unspecified atom stereocenters. The van der Waals surface area contributed by atoms with E-state index < -0.39 is 5.60 Å². The van der Waals surface area contributed by atoms with Crippen LogP contribution in [0.3, 0.4) is 0 Å². The first-order valence-electron chi connectivity index (χ1n) is 7.21. The molecule has 0 bridgehead atoms. The van der Waals surface area contributed by atoms with Gasteiger partial charge in [0.05, 0.1) is 11.5 Å². The Hall–Kier alpha value is -0.650. The molecule has 1 aliphatic carbocycles. The molecule has 3 atom stereocenters. The maximum absolute atomic E-state index is 12.1. The van der Waals surface area contributed by atoms with Gasteiger partial charge in [0.2, 0.25) is 5.91 Å². The van der Waals surface area contributed by atoms with Crippen LogP contribution in [0.25, 0.3) is 0 Å². The summed E-state index contributed by atoms with van der Waals surface area (Å²) < 4.78 is 4.94. The largest absolute Gasteiger partial charge is 0.388 e. The second kappa shape index (κ2) is 7.82. The van der Waals surface area contributed by atoms with Crippen molar-refractivity contribution in [2.24, 2.45) is 11.7 Å². The fraction of sp³-hybridized carbons (Fsp3) is 0.929. The zero-order chi connectivity index (χ0) is 14.3. The molecule has 0 aromatic heterocycles. The van der Waals surface area contributed by atoms with Crippen molar-refractivity contribution in [2.45, 2.75) is 57.1 Å². The average Bonchev–Trinajstić information content (AvgIpc) is 2.58. The number of carbonyl (C=O) groups is 1. The van der Waals surface area contributed by atoms with Gasteiger partial charge < -0.3 is 20.9 Å². The molecule has 0 aliphatic heterocycles. The minimum absolute atomic E-state index is 0.0212. The van der Waals surface area contributed by atoms with Gasteiger partial charge in [-0.15, -0.1) is 0 Å². The third kappa shape index (κ3) is 5.89. The standard InChI is InChI=1S/C14H28N2O3/c1-14(18,8-9-19-2)10-16-13(17)11-6-4-3-5-7-12(11)15/h11-12,18H,3-10,15H2,1-2H3,(H,16,17). The van der Waals surface area contributed by atoms with Gasteiger partial charge in [0.25, 0.3) is 0 Å². The fourth-order valence-electron chi connectivity index (χ4n) is 2.48. The second-order valence-electron chi connectivity index (χ2n) is 5.87. The normalized spacial score (nSPS) is 27.4. The summed E-state index contributed by atoms with van der Waals surface area (Å²) in [4.78, 5) is 12.1. The van der Waals surface area contributed by atoms with Gasteiger partial charge in [-0.05, 0) is 19.8 Å². The van der Waals surface area contributed by atoms with Crippen LogP contribution in [0.2, 0.25) is 0 Å². The molecule has 0 aromatic rings. The van der Waals surface area contributed by atoms with Crippen molar-refractivity contribution in [3.05, 3.63) is 0 Å². The van der Waals surface area contributed by atoms with Gasteiger partial charge in [-0.1, -0.05) is 19.3 Å². The number of aliphatic hydroxyl groups is 1. The van der Waals surface area contributed by atoms with Crippen molar-refractivity contribution in [1.29, 1.82) is 0 Å². The third-order valence-corrected chi connectivity index (χ3v) is 3.89. The maximum atomic E-state index is 12.1. The van der Waals surface area contributed by atoms with E-state index >= 15 is 0 Å². The number of nitrogens with one attached hydrogen (secondary N) is 1. The maximum Gasteiger partial charge on any atom is 0.224 e. The molecule has 1 aliphatic rings. The molecule has 5 heteroatoms. The molecule has 1 saturated carbocycles. The number of amides is 1. The van der Waals surface area contributed by atoms with Crippen molar-refractivity contribution >= 4 is 5.91 Å². The summed E-state index contributed by atoms with van der Waals surface area (Å²) in [5.41, 5.74) is 5.13. The Morgan fingerprint density at radius 1 is 1.42 bits per heavy atom. The summed E-state index contributed by atoms with van der Waals surface area (Å²) >= 11 is 0. The first kappa shape index (κ1) is 16.4. The monoisotopic (exact) mass is 272 g/mol. The molecule has 0 radical (unpaired) electrons. The lowest BCUT2D eigenvalue weighted by atomic mass is 9.94.